The van der Waals surface area contributed by atoms with Gasteiger partial charge in [-0.3, -0.25) is 4.90 Å². The highest BCUT2D eigenvalue weighted by Crippen LogP contribution is 2.16. The van der Waals surface area contributed by atoms with E-state index in [2.05, 4.69) is 39.5 Å². The molecule has 2 nitrogen and oxygen atoms in total. The number of nitrogens with zero attached hydrogens (tertiary/aromatic N) is 1. The Morgan fingerprint density at radius 1 is 1.29 bits per heavy atom. The Balaban J connectivity index is 4.27. The molecule has 14 heavy (non-hydrogen) atoms. The Bertz CT molecular complexity index is 143. The second-order valence-corrected chi connectivity index (χ2v) is 4.98. The molecule has 0 aliphatic heterocycles. The van der Waals surface area contributed by atoms with Crippen LogP contribution in [-0.2, 0) is 0 Å². The second-order valence-electron chi connectivity index (χ2n) is 4.98. The largest absolute Gasteiger partial charge is 0.329 e. The molecule has 0 heterocycles. The number of hydrogen-bond acceptors (Lipinski definition) is 2. The summed E-state index contributed by atoms with van der Waals surface area (Å²) in [6.45, 7) is 14.4. The summed E-state index contributed by atoms with van der Waals surface area (Å²) >= 11 is 0. The van der Waals surface area contributed by atoms with Gasteiger partial charge < -0.3 is 5.73 Å². The summed E-state index contributed by atoms with van der Waals surface area (Å²) in [5, 5.41) is 0. The van der Waals surface area contributed by atoms with Gasteiger partial charge in [-0.25, -0.2) is 0 Å². The van der Waals surface area contributed by atoms with Gasteiger partial charge in [0, 0.05) is 18.6 Å². The van der Waals surface area contributed by atoms with Crippen molar-refractivity contribution in [1.82, 2.24) is 4.90 Å². The minimum absolute atomic E-state index is 0.152. The van der Waals surface area contributed by atoms with E-state index in [0.717, 1.165) is 19.0 Å². The van der Waals surface area contributed by atoms with Crippen molar-refractivity contribution in [1.29, 1.82) is 0 Å². The van der Waals surface area contributed by atoms with Crippen molar-refractivity contribution in [2.75, 3.05) is 19.6 Å². The number of rotatable bonds is 7. The van der Waals surface area contributed by atoms with Crippen molar-refractivity contribution in [2.24, 2.45) is 11.7 Å². The molecule has 86 valence electrons. The van der Waals surface area contributed by atoms with Crippen LogP contribution in [0.4, 0.5) is 0 Å². The van der Waals surface area contributed by atoms with Gasteiger partial charge >= 0.3 is 0 Å². The van der Waals surface area contributed by atoms with Crippen LogP contribution in [0, 0.1) is 5.92 Å². The van der Waals surface area contributed by atoms with Crippen molar-refractivity contribution in [3.05, 3.63) is 0 Å². The molecule has 2 heteroatoms. The molecule has 0 radical (unpaired) electrons. The monoisotopic (exact) mass is 200 g/mol. The Morgan fingerprint density at radius 2 is 1.86 bits per heavy atom. The zero-order valence-electron chi connectivity index (χ0n) is 10.6. The molecule has 0 aliphatic carbocycles. The van der Waals surface area contributed by atoms with E-state index in [1.165, 1.54) is 19.4 Å². The first-order valence-electron chi connectivity index (χ1n) is 5.93. The molecule has 2 N–H and O–H groups in total. The third-order valence-corrected chi connectivity index (χ3v) is 3.08. The Kier molecular flexibility index (Phi) is 6.38. The molecule has 0 spiro atoms. The summed E-state index contributed by atoms with van der Waals surface area (Å²) in [4.78, 5) is 2.53. The first-order chi connectivity index (χ1) is 6.47. The molecule has 1 atom stereocenters. The molecule has 1 unspecified atom stereocenters. The van der Waals surface area contributed by atoms with Gasteiger partial charge in [0.15, 0.2) is 0 Å². The predicted octanol–water partition coefficient (Wildman–Crippen LogP) is 2.48. The summed E-state index contributed by atoms with van der Waals surface area (Å²) in [7, 11) is 0. The molecule has 0 saturated carbocycles. The maximum Gasteiger partial charge on any atom is 0.0275 e. The van der Waals surface area contributed by atoms with Crippen LogP contribution in [-0.4, -0.2) is 30.1 Å². The standard InChI is InChI=1S/C12H28N2/c1-6-8-14(9-11(3)7-2)12(4,5)10-13/h11H,6-10,13H2,1-5H3. The fourth-order valence-corrected chi connectivity index (χ4v) is 1.55. The molecule has 0 bridgehead atoms. The lowest BCUT2D eigenvalue weighted by atomic mass is 9.99. The second kappa shape index (κ2) is 6.41. The van der Waals surface area contributed by atoms with E-state index in [4.69, 9.17) is 5.73 Å². The fraction of sp³-hybridized carbons (Fsp3) is 1.00. The van der Waals surface area contributed by atoms with Gasteiger partial charge in [0.25, 0.3) is 0 Å². The highest BCUT2D eigenvalue weighted by atomic mass is 15.2. The number of nitrogens with two attached hydrogens (primary N) is 1. The van der Waals surface area contributed by atoms with Gasteiger partial charge in [-0.2, -0.15) is 0 Å². The molecule has 0 aromatic carbocycles. The van der Waals surface area contributed by atoms with E-state index in [0.29, 0.717) is 0 Å². The van der Waals surface area contributed by atoms with E-state index in [-0.39, 0.29) is 5.54 Å². The molecular formula is C12H28N2. The minimum Gasteiger partial charge on any atom is -0.329 e. The molecule has 0 aromatic rings. The van der Waals surface area contributed by atoms with Crippen LogP contribution < -0.4 is 5.73 Å². The number of hydrogen-bond donors (Lipinski definition) is 1. The zero-order valence-corrected chi connectivity index (χ0v) is 10.6. The summed E-state index contributed by atoms with van der Waals surface area (Å²) in [5.74, 6) is 0.771. The van der Waals surface area contributed by atoms with Crippen LogP contribution in [0.25, 0.3) is 0 Å². The van der Waals surface area contributed by atoms with Crippen molar-refractivity contribution in [2.45, 2.75) is 53.0 Å². The third-order valence-electron chi connectivity index (χ3n) is 3.08. The van der Waals surface area contributed by atoms with Gasteiger partial charge in [0.05, 0.1) is 0 Å². The van der Waals surface area contributed by atoms with E-state index < -0.39 is 0 Å². The fourth-order valence-electron chi connectivity index (χ4n) is 1.55. The molecule has 0 rings (SSSR count). The van der Waals surface area contributed by atoms with Gasteiger partial charge in [-0.1, -0.05) is 27.2 Å². The lowest BCUT2D eigenvalue weighted by molar-refractivity contribution is 0.107. The summed E-state index contributed by atoms with van der Waals surface area (Å²) in [5.41, 5.74) is 5.97. The molecule has 0 aromatic heterocycles. The third kappa shape index (κ3) is 4.43. The van der Waals surface area contributed by atoms with Gasteiger partial charge in [0.1, 0.15) is 0 Å². The summed E-state index contributed by atoms with van der Waals surface area (Å²) < 4.78 is 0. The van der Waals surface area contributed by atoms with Crippen LogP contribution in [0.5, 0.6) is 0 Å². The lowest BCUT2D eigenvalue weighted by Crippen LogP contribution is -2.51. The van der Waals surface area contributed by atoms with Gasteiger partial charge in [-0.15, -0.1) is 0 Å². The lowest BCUT2D eigenvalue weighted by Gasteiger charge is -2.39. The van der Waals surface area contributed by atoms with E-state index in [9.17, 15) is 0 Å². The maximum atomic E-state index is 5.81. The first-order valence-corrected chi connectivity index (χ1v) is 5.93. The Labute approximate surface area is 89.9 Å². The van der Waals surface area contributed by atoms with E-state index in [1.807, 2.05) is 0 Å². The van der Waals surface area contributed by atoms with Gasteiger partial charge in [0.2, 0.25) is 0 Å². The van der Waals surface area contributed by atoms with Crippen molar-refractivity contribution in [3.8, 4) is 0 Å². The summed E-state index contributed by atoms with van der Waals surface area (Å²) in [6.07, 6.45) is 2.46. The van der Waals surface area contributed by atoms with Crippen LogP contribution in [0.1, 0.15) is 47.5 Å². The average Bonchev–Trinajstić information content (AvgIpc) is 2.17. The normalized spacial score (nSPS) is 14.8. The molecular weight excluding hydrogens is 172 g/mol. The molecule has 0 aliphatic rings. The van der Waals surface area contributed by atoms with Crippen molar-refractivity contribution >= 4 is 0 Å². The first kappa shape index (κ1) is 13.9. The van der Waals surface area contributed by atoms with Gasteiger partial charge in [-0.05, 0) is 32.7 Å². The molecule has 0 amide bonds. The average molecular weight is 200 g/mol. The maximum absolute atomic E-state index is 5.81. The molecule has 0 fully saturated rings. The quantitative estimate of drug-likeness (QED) is 0.684. The van der Waals surface area contributed by atoms with Crippen LogP contribution in [0.15, 0.2) is 0 Å². The highest BCUT2D eigenvalue weighted by Gasteiger charge is 2.25. The van der Waals surface area contributed by atoms with Crippen LogP contribution >= 0.6 is 0 Å². The molecule has 0 saturated heterocycles. The topological polar surface area (TPSA) is 29.3 Å². The summed E-state index contributed by atoms with van der Waals surface area (Å²) in [6, 6.07) is 0. The SMILES string of the molecule is CCCN(CC(C)CC)C(C)(C)CN. The highest BCUT2D eigenvalue weighted by molar-refractivity contribution is 4.83. The Hall–Kier alpha value is -0.0800. The van der Waals surface area contributed by atoms with Crippen LogP contribution in [0.2, 0.25) is 0 Å². The predicted molar refractivity (Wildman–Crippen MR) is 64.5 cm³/mol. The van der Waals surface area contributed by atoms with E-state index >= 15 is 0 Å². The zero-order chi connectivity index (χ0) is 11.2. The van der Waals surface area contributed by atoms with Crippen molar-refractivity contribution in [3.63, 3.8) is 0 Å². The Morgan fingerprint density at radius 3 is 2.21 bits per heavy atom. The van der Waals surface area contributed by atoms with E-state index in [1.54, 1.807) is 0 Å². The smallest absolute Gasteiger partial charge is 0.0275 e. The van der Waals surface area contributed by atoms with Crippen molar-refractivity contribution < 1.29 is 0 Å². The van der Waals surface area contributed by atoms with Crippen LogP contribution in [0.3, 0.4) is 0 Å². The minimum atomic E-state index is 0.152.